The third-order valence-electron chi connectivity index (χ3n) is 4.60. The molecule has 0 aliphatic carbocycles. The van der Waals surface area contributed by atoms with Crippen LogP contribution in [0.15, 0.2) is 42.5 Å². The standard InChI is InChI=1S/C18H17N3O3/c1-24-13-6-7-16-15(10-13)14-8-9-19-17(18(14)20-16)11-2-4-12(5-3-11)21(22)23/h2-7,10,17,19-20H,8-9H2,1H3. The zero-order valence-electron chi connectivity index (χ0n) is 13.2. The topological polar surface area (TPSA) is 80.2 Å². The minimum atomic E-state index is -0.376. The largest absolute Gasteiger partial charge is 0.497 e. The van der Waals surface area contributed by atoms with Gasteiger partial charge in [0.25, 0.3) is 5.69 Å². The van der Waals surface area contributed by atoms with Gasteiger partial charge in [0.05, 0.1) is 18.1 Å². The van der Waals surface area contributed by atoms with Gasteiger partial charge in [-0.05, 0) is 35.7 Å². The summed E-state index contributed by atoms with van der Waals surface area (Å²) in [6.45, 7) is 0.860. The molecule has 4 rings (SSSR count). The van der Waals surface area contributed by atoms with Crippen LogP contribution >= 0.6 is 0 Å². The minimum absolute atomic E-state index is 0.00736. The maximum Gasteiger partial charge on any atom is 0.269 e. The number of fused-ring (bicyclic) bond motifs is 3. The molecular formula is C18H17N3O3. The first-order valence-corrected chi connectivity index (χ1v) is 7.83. The number of nitrogens with zero attached hydrogens (tertiary/aromatic N) is 1. The van der Waals surface area contributed by atoms with Crippen molar-refractivity contribution in [3.05, 3.63) is 69.4 Å². The Morgan fingerprint density at radius 3 is 2.71 bits per heavy atom. The van der Waals surface area contributed by atoms with Gasteiger partial charge in [-0.25, -0.2) is 0 Å². The number of methoxy groups -OCH3 is 1. The highest BCUT2D eigenvalue weighted by Crippen LogP contribution is 2.35. The summed E-state index contributed by atoms with van der Waals surface area (Å²) >= 11 is 0. The molecule has 24 heavy (non-hydrogen) atoms. The third kappa shape index (κ3) is 2.32. The predicted octanol–water partition coefficient (Wildman–Crippen LogP) is 3.32. The molecule has 6 heteroatoms. The van der Waals surface area contributed by atoms with Crippen LogP contribution in [-0.2, 0) is 6.42 Å². The van der Waals surface area contributed by atoms with Gasteiger partial charge in [0.1, 0.15) is 5.75 Å². The smallest absolute Gasteiger partial charge is 0.269 e. The van der Waals surface area contributed by atoms with Crippen LogP contribution in [0.5, 0.6) is 5.75 Å². The lowest BCUT2D eigenvalue weighted by molar-refractivity contribution is -0.384. The zero-order chi connectivity index (χ0) is 16.7. The lowest BCUT2D eigenvalue weighted by atomic mass is 9.94. The first-order valence-electron chi connectivity index (χ1n) is 7.83. The summed E-state index contributed by atoms with van der Waals surface area (Å²) in [5.74, 6) is 0.842. The molecule has 1 atom stereocenters. The Morgan fingerprint density at radius 2 is 2.00 bits per heavy atom. The Labute approximate surface area is 138 Å². The molecule has 3 aromatic rings. The average Bonchev–Trinajstić information content (AvgIpc) is 2.99. The normalized spacial score (nSPS) is 16.8. The van der Waals surface area contributed by atoms with Crippen LogP contribution in [-0.4, -0.2) is 23.6 Å². The van der Waals surface area contributed by atoms with Gasteiger partial charge in [-0.1, -0.05) is 12.1 Å². The van der Waals surface area contributed by atoms with E-state index in [1.165, 1.54) is 10.9 Å². The molecule has 0 saturated carbocycles. The van der Waals surface area contributed by atoms with Gasteiger partial charge in [-0.15, -0.1) is 0 Å². The molecule has 0 radical (unpaired) electrons. The van der Waals surface area contributed by atoms with Crippen LogP contribution < -0.4 is 10.1 Å². The fourth-order valence-electron chi connectivity index (χ4n) is 3.41. The van der Waals surface area contributed by atoms with Crippen molar-refractivity contribution in [2.75, 3.05) is 13.7 Å². The Kier molecular flexibility index (Phi) is 3.46. The number of non-ortho nitro benzene ring substituents is 1. The lowest BCUT2D eigenvalue weighted by Gasteiger charge is -2.24. The molecule has 1 aliphatic heterocycles. The van der Waals surface area contributed by atoms with Gasteiger partial charge in [0.2, 0.25) is 0 Å². The van der Waals surface area contributed by atoms with E-state index in [0.717, 1.165) is 35.5 Å². The first-order chi connectivity index (χ1) is 11.7. The molecule has 6 nitrogen and oxygen atoms in total. The van der Waals surface area contributed by atoms with Crippen LogP contribution in [0.2, 0.25) is 0 Å². The van der Waals surface area contributed by atoms with Crippen molar-refractivity contribution in [1.82, 2.24) is 10.3 Å². The van der Waals surface area contributed by atoms with Gasteiger partial charge in [0.15, 0.2) is 0 Å². The number of nitrogens with one attached hydrogen (secondary N) is 2. The van der Waals surface area contributed by atoms with E-state index in [4.69, 9.17) is 4.74 Å². The maximum atomic E-state index is 10.8. The SMILES string of the molecule is COc1ccc2[nH]c3c(c2c1)CCNC3c1ccc([N+](=O)[O-])cc1. The van der Waals surface area contributed by atoms with Gasteiger partial charge < -0.3 is 15.0 Å². The second-order valence-electron chi connectivity index (χ2n) is 5.91. The summed E-state index contributed by atoms with van der Waals surface area (Å²) in [7, 11) is 1.67. The summed E-state index contributed by atoms with van der Waals surface area (Å²) < 4.78 is 5.34. The van der Waals surface area contributed by atoms with Crippen molar-refractivity contribution in [3.8, 4) is 5.75 Å². The number of nitro benzene ring substituents is 1. The van der Waals surface area contributed by atoms with Gasteiger partial charge in [-0.2, -0.15) is 0 Å². The number of aromatic nitrogens is 1. The quantitative estimate of drug-likeness (QED) is 0.572. The third-order valence-corrected chi connectivity index (χ3v) is 4.60. The van der Waals surface area contributed by atoms with Crippen molar-refractivity contribution in [2.45, 2.75) is 12.5 Å². The second kappa shape index (κ2) is 5.65. The summed E-state index contributed by atoms with van der Waals surface area (Å²) in [6.07, 6.45) is 0.936. The van der Waals surface area contributed by atoms with E-state index in [1.807, 2.05) is 24.3 Å². The van der Waals surface area contributed by atoms with E-state index in [0.29, 0.717) is 0 Å². The highest BCUT2D eigenvalue weighted by molar-refractivity contribution is 5.86. The predicted molar refractivity (Wildman–Crippen MR) is 91.5 cm³/mol. The van der Waals surface area contributed by atoms with Gasteiger partial charge in [-0.3, -0.25) is 10.1 Å². The number of hydrogen-bond donors (Lipinski definition) is 2. The zero-order valence-corrected chi connectivity index (χ0v) is 13.2. The summed E-state index contributed by atoms with van der Waals surface area (Å²) in [4.78, 5) is 14.0. The molecule has 0 fully saturated rings. The second-order valence-corrected chi connectivity index (χ2v) is 5.91. The van der Waals surface area contributed by atoms with E-state index in [9.17, 15) is 10.1 Å². The molecule has 2 heterocycles. The van der Waals surface area contributed by atoms with E-state index in [-0.39, 0.29) is 16.7 Å². The number of nitro groups is 1. The molecule has 2 aromatic carbocycles. The van der Waals surface area contributed by atoms with Crippen LogP contribution in [0, 0.1) is 10.1 Å². The first kappa shape index (κ1) is 14.7. The highest BCUT2D eigenvalue weighted by atomic mass is 16.6. The molecular weight excluding hydrogens is 306 g/mol. The van der Waals surface area contributed by atoms with E-state index in [2.05, 4.69) is 16.4 Å². The highest BCUT2D eigenvalue weighted by Gasteiger charge is 2.25. The fraction of sp³-hybridized carbons (Fsp3) is 0.222. The Balaban J connectivity index is 1.79. The fourth-order valence-corrected chi connectivity index (χ4v) is 3.41. The maximum absolute atomic E-state index is 10.8. The molecule has 2 N–H and O–H groups in total. The summed E-state index contributed by atoms with van der Waals surface area (Å²) in [6, 6.07) is 12.8. The minimum Gasteiger partial charge on any atom is -0.497 e. The number of H-pyrrole nitrogens is 1. The molecule has 1 aliphatic rings. The summed E-state index contributed by atoms with van der Waals surface area (Å²) in [5, 5.41) is 15.5. The monoisotopic (exact) mass is 323 g/mol. The Hall–Kier alpha value is -2.86. The molecule has 0 bridgehead atoms. The molecule has 0 saturated heterocycles. The van der Waals surface area contributed by atoms with Gasteiger partial charge >= 0.3 is 0 Å². The molecule has 122 valence electrons. The number of rotatable bonds is 3. The number of ether oxygens (including phenoxy) is 1. The molecule has 0 spiro atoms. The molecule has 1 aromatic heterocycles. The van der Waals surface area contributed by atoms with Crippen molar-refractivity contribution in [2.24, 2.45) is 0 Å². The lowest BCUT2D eigenvalue weighted by Crippen LogP contribution is -2.30. The van der Waals surface area contributed by atoms with E-state index >= 15 is 0 Å². The Bertz CT molecular complexity index is 915. The van der Waals surface area contributed by atoms with Crippen molar-refractivity contribution in [3.63, 3.8) is 0 Å². The van der Waals surface area contributed by atoms with Crippen molar-refractivity contribution in [1.29, 1.82) is 0 Å². The van der Waals surface area contributed by atoms with Crippen LogP contribution in [0.1, 0.15) is 22.9 Å². The van der Waals surface area contributed by atoms with E-state index in [1.54, 1.807) is 19.2 Å². The van der Waals surface area contributed by atoms with Crippen molar-refractivity contribution < 1.29 is 9.66 Å². The van der Waals surface area contributed by atoms with Crippen LogP contribution in [0.25, 0.3) is 10.9 Å². The number of hydrogen-bond acceptors (Lipinski definition) is 4. The number of aromatic amines is 1. The Morgan fingerprint density at radius 1 is 1.21 bits per heavy atom. The van der Waals surface area contributed by atoms with E-state index < -0.39 is 0 Å². The van der Waals surface area contributed by atoms with Crippen LogP contribution in [0.4, 0.5) is 5.69 Å². The average molecular weight is 323 g/mol. The number of benzene rings is 2. The van der Waals surface area contributed by atoms with Crippen LogP contribution in [0.3, 0.4) is 0 Å². The van der Waals surface area contributed by atoms with Gasteiger partial charge in [0, 0.05) is 35.3 Å². The summed E-state index contributed by atoms with van der Waals surface area (Å²) in [5.41, 5.74) is 4.61. The molecule has 0 amide bonds. The molecule has 1 unspecified atom stereocenters. The van der Waals surface area contributed by atoms with Crippen molar-refractivity contribution >= 4 is 16.6 Å².